The van der Waals surface area contributed by atoms with Crippen molar-refractivity contribution in [3.63, 3.8) is 0 Å². The number of nitrogens with zero attached hydrogens (tertiary/aromatic N) is 3. The monoisotopic (exact) mass is 308 g/mol. The lowest BCUT2D eigenvalue weighted by Gasteiger charge is -2.36. The molecular formula is C15H24N4OS. The summed E-state index contributed by atoms with van der Waals surface area (Å²) in [5.74, 6) is 1.11. The zero-order valence-corrected chi connectivity index (χ0v) is 14.0. The van der Waals surface area contributed by atoms with Crippen LogP contribution in [-0.4, -0.2) is 40.7 Å². The Hall–Kier alpha value is -1.11. The molecule has 3 rings (SSSR count). The van der Waals surface area contributed by atoms with Crippen LogP contribution in [0.5, 0.6) is 0 Å². The third-order valence-corrected chi connectivity index (χ3v) is 4.49. The molecule has 0 saturated carbocycles. The molecule has 5 nitrogen and oxygen atoms in total. The minimum absolute atomic E-state index is 0.249. The summed E-state index contributed by atoms with van der Waals surface area (Å²) in [6, 6.07) is 0.463. The summed E-state index contributed by atoms with van der Waals surface area (Å²) in [5.41, 5.74) is 1.25. The van der Waals surface area contributed by atoms with Gasteiger partial charge in [0.2, 0.25) is 0 Å². The van der Waals surface area contributed by atoms with E-state index in [9.17, 15) is 0 Å². The zero-order valence-electron chi connectivity index (χ0n) is 13.2. The van der Waals surface area contributed by atoms with Gasteiger partial charge in [-0.05, 0) is 13.8 Å². The van der Waals surface area contributed by atoms with Gasteiger partial charge in [-0.1, -0.05) is 13.8 Å². The summed E-state index contributed by atoms with van der Waals surface area (Å²) in [4.78, 5) is 8.29. The molecule has 1 saturated heterocycles. The molecule has 0 spiro atoms. The molecule has 21 heavy (non-hydrogen) atoms. The van der Waals surface area contributed by atoms with Gasteiger partial charge in [-0.2, -0.15) is 0 Å². The van der Waals surface area contributed by atoms with E-state index in [1.807, 2.05) is 0 Å². The highest BCUT2D eigenvalue weighted by Gasteiger charge is 2.27. The molecule has 0 amide bonds. The first kappa shape index (κ1) is 14.8. The minimum atomic E-state index is 0.249. The van der Waals surface area contributed by atoms with Gasteiger partial charge in [-0.25, -0.2) is 4.98 Å². The quantitative estimate of drug-likeness (QED) is 0.942. The molecule has 0 unspecified atom stereocenters. The Morgan fingerprint density at radius 3 is 2.76 bits per heavy atom. The largest absolute Gasteiger partial charge is 0.372 e. The maximum absolute atomic E-state index is 5.84. The maximum atomic E-state index is 5.84. The smallest absolute Gasteiger partial charge is 0.195 e. The highest BCUT2D eigenvalue weighted by Crippen LogP contribution is 2.27. The predicted molar refractivity (Wildman–Crippen MR) is 87.3 cm³/mol. The lowest BCUT2D eigenvalue weighted by molar-refractivity contribution is -0.00548. The molecule has 0 bridgehead atoms. The van der Waals surface area contributed by atoms with Gasteiger partial charge in [-0.15, -0.1) is 11.3 Å². The average molecular weight is 308 g/mol. The fourth-order valence-electron chi connectivity index (χ4n) is 2.89. The Kier molecular flexibility index (Phi) is 4.19. The number of hydrogen-bond acceptors (Lipinski definition) is 5. The second-order valence-electron chi connectivity index (χ2n) is 6.14. The third kappa shape index (κ3) is 3.07. The average Bonchev–Trinajstić information content (AvgIpc) is 2.95. The van der Waals surface area contributed by atoms with Crippen LogP contribution in [-0.2, 0) is 11.3 Å². The standard InChI is InChI=1S/C15H24N4OS/c1-10(2)16-7-13-14(17-15-19(13)5-6-21-15)18-8-11(3)20-12(4)9-18/h5-6,10-12,16H,7-9H2,1-4H3/t11-,12+. The van der Waals surface area contributed by atoms with Gasteiger partial charge in [0.05, 0.1) is 17.9 Å². The summed E-state index contributed by atoms with van der Waals surface area (Å²) in [7, 11) is 0. The van der Waals surface area contributed by atoms with Crippen LogP contribution >= 0.6 is 11.3 Å². The van der Waals surface area contributed by atoms with Crippen LogP contribution in [0, 0.1) is 0 Å². The SMILES string of the molecule is CC(C)NCc1c(N2C[C@@H](C)O[C@@H](C)C2)nc2sccn12. The number of fused-ring (bicyclic) bond motifs is 1. The van der Waals surface area contributed by atoms with Crippen molar-refractivity contribution in [3.8, 4) is 0 Å². The predicted octanol–water partition coefficient (Wildman–Crippen LogP) is 2.51. The molecule has 1 aliphatic rings. The van der Waals surface area contributed by atoms with E-state index in [-0.39, 0.29) is 12.2 Å². The van der Waals surface area contributed by atoms with E-state index in [1.165, 1.54) is 5.69 Å². The van der Waals surface area contributed by atoms with Gasteiger partial charge in [0.15, 0.2) is 10.8 Å². The second kappa shape index (κ2) is 5.94. The molecular weight excluding hydrogens is 284 g/mol. The molecule has 0 radical (unpaired) electrons. The van der Waals surface area contributed by atoms with Gasteiger partial charge in [0.1, 0.15) is 0 Å². The second-order valence-corrected chi connectivity index (χ2v) is 7.01. The highest BCUT2D eigenvalue weighted by molar-refractivity contribution is 7.15. The third-order valence-electron chi connectivity index (χ3n) is 3.74. The van der Waals surface area contributed by atoms with Gasteiger partial charge in [0, 0.05) is 37.3 Å². The fraction of sp³-hybridized carbons (Fsp3) is 0.667. The van der Waals surface area contributed by atoms with E-state index < -0.39 is 0 Å². The van der Waals surface area contributed by atoms with E-state index in [4.69, 9.17) is 9.72 Å². The van der Waals surface area contributed by atoms with Crippen LogP contribution in [0.4, 0.5) is 5.82 Å². The molecule has 0 aliphatic carbocycles. The number of nitrogens with one attached hydrogen (secondary N) is 1. The van der Waals surface area contributed by atoms with E-state index in [2.05, 4.69) is 53.9 Å². The van der Waals surface area contributed by atoms with Gasteiger partial charge in [-0.3, -0.25) is 4.40 Å². The molecule has 116 valence electrons. The van der Waals surface area contributed by atoms with E-state index in [1.54, 1.807) is 11.3 Å². The molecule has 1 fully saturated rings. The van der Waals surface area contributed by atoms with Gasteiger partial charge >= 0.3 is 0 Å². The van der Waals surface area contributed by atoms with E-state index >= 15 is 0 Å². The van der Waals surface area contributed by atoms with Crippen molar-refractivity contribution in [2.45, 2.75) is 52.5 Å². The van der Waals surface area contributed by atoms with E-state index in [0.717, 1.165) is 30.4 Å². The van der Waals surface area contributed by atoms with Crippen molar-refractivity contribution < 1.29 is 4.74 Å². The fourth-order valence-corrected chi connectivity index (χ4v) is 3.62. The van der Waals surface area contributed by atoms with Crippen LogP contribution in [0.15, 0.2) is 11.6 Å². The lowest BCUT2D eigenvalue weighted by atomic mass is 10.2. The molecule has 1 aliphatic heterocycles. The van der Waals surface area contributed by atoms with Crippen LogP contribution in [0.2, 0.25) is 0 Å². The molecule has 2 atom stereocenters. The Balaban J connectivity index is 1.92. The van der Waals surface area contributed by atoms with E-state index in [0.29, 0.717) is 6.04 Å². The zero-order chi connectivity index (χ0) is 15.0. The van der Waals surface area contributed by atoms with Crippen molar-refractivity contribution in [2.75, 3.05) is 18.0 Å². The number of rotatable bonds is 4. The summed E-state index contributed by atoms with van der Waals surface area (Å²) in [6.45, 7) is 11.3. The summed E-state index contributed by atoms with van der Waals surface area (Å²) in [5, 5.41) is 5.61. The van der Waals surface area contributed by atoms with Crippen molar-refractivity contribution >= 4 is 22.1 Å². The topological polar surface area (TPSA) is 41.8 Å². The summed E-state index contributed by atoms with van der Waals surface area (Å²) < 4.78 is 8.05. The maximum Gasteiger partial charge on any atom is 0.195 e. The highest BCUT2D eigenvalue weighted by atomic mass is 32.1. The number of imidazole rings is 1. The molecule has 1 N–H and O–H groups in total. The lowest BCUT2D eigenvalue weighted by Crippen LogP contribution is -2.46. The Bertz CT molecular complexity index is 596. The summed E-state index contributed by atoms with van der Waals surface area (Å²) >= 11 is 1.69. The van der Waals surface area contributed by atoms with Crippen molar-refractivity contribution in [1.29, 1.82) is 0 Å². The van der Waals surface area contributed by atoms with Crippen molar-refractivity contribution in [3.05, 3.63) is 17.3 Å². The first-order valence-corrected chi connectivity index (χ1v) is 8.50. The number of anilines is 1. The minimum Gasteiger partial charge on any atom is -0.372 e. The van der Waals surface area contributed by atoms with Crippen LogP contribution < -0.4 is 10.2 Å². The number of aromatic nitrogens is 2. The molecule has 3 heterocycles. The summed E-state index contributed by atoms with van der Waals surface area (Å²) in [6.07, 6.45) is 2.61. The van der Waals surface area contributed by atoms with Crippen LogP contribution in [0.1, 0.15) is 33.4 Å². The first-order valence-electron chi connectivity index (χ1n) is 7.62. The Labute approximate surface area is 129 Å². The molecule has 2 aromatic rings. The number of hydrogen-bond donors (Lipinski definition) is 1. The molecule has 0 aromatic carbocycles. The van der Waals surface area contributed by atoms with Crippen molar-refractivity contribution in [1.82, 2.24) is 14.7 Å². The van der Waals surface area contributed by atoms with Gasteiger partial charge in [0.25, 0.3) is 0 Å². The first-order chi connectivity index (χ1) is 10.0. The number of thiazole rings is 1. The van der Waals surface area contributed by atoms with Crippen molar-refractivity contribution in [2.24, 2.45) is 0 Å². The Morgan fingerprint density at radius 2 is 2.10 bits per heavy atom. The normalized spacial score (nSPS) is 23.4. The molecule has 2 aromatic heterocycles. The number of ether oxygens (including phenoxy) is 1. The number of morpholine rings is 1. The molecule has 6 heteroatoms. The Morgan fingerprint density at radius 1 is 1.38 bits per heavy atom. The van der Waals surface area contributed by atoms with Gasteiger partial charge < -0.3 is 15.0 Å². The van der Waals surface area contributed by atoms with Crippen LogP contribution in [0.25, 0.3) is 4.96 Å². The van der Waals surface area contributed by atoms with Crippen LogP contribution in [0.3, 0.4) is 0 Å².